The smallest absolute Gasteiger partial charge is 0.306 e. The lowest BCUT2D eigenvalue weighted by Gasteiger charge is -2.13. The molecule has 18 heavy (non-hydrogen) atoms. The van der Waals surface area contributed by atoms with E-state index in [9.17, 15) is 4.79 Å². The Bertz CT molecular complexity index is 451. The Morgan fingerprint density at radius 1 is 1.50 bits per heavy atom. The van der Waals surface area contributed by atoms with Crippen molar-refractivity contribution in [3.8, 4) is 5.75 Å². The molecule has 1 fully saturated rings. The minimum atomic E-state index is -0.655. The van der Waals surface area contributed by atoms with Gasteiger partial charge in [-0.25, -0.2) is 0 Å². The fourth-order valence-electron chi connectivity index (χ4n) is 2.44. The first-order valence-corrected chi connectivity index (χ1v) is 6.42. The molecular weight excluding hydrogens is 228 g/mol. The lowest BCUT2D eigenvalue weighted by Crippen LogP contribution is -2.02. The van der Waals surface area contributed by atoms with E-state index in [4.69, 9.17) is 9.84 Å². The minimum Gasteiger partial charge on any atom is -0.496 e. The average molecular weight is 248 g/mol. The van der Waals surface area contributed by atoms with Gasteiger partial charge < -0.3 is 9.84 Å². The molecule has 0 aliphatic heterocycles. The van der Waals surface area contributed by atoms with Gasteiger partial charge in [0.2, 0.25) is 0 Å². The van der Waals surface area contributed by atoms with Crippen LogP contribution in [0.25, 0.3) is 0 Å². The van der Waals surface area contributed by atoms with Crippen molar-refractivity contribution in [2.45, 2.75) is 32.6 Å². The van der Waals surface area contributed by atoms with Gasteiger partial charge in [0.25, 0.3) is 0 Å². The Morgan fingerprint density at radius 3 is 2.72 bits per heavy atom. The van der Waals surface area contributed by atoms with Gasteiger partial charge in [-0.3, -0.25) is 4.79 Å². The molecule has 0 saturated heterocycles. The zero-order valence-corrected chi connectivity index (χ0v) is 11.1. The zero-order chi connectivity index (χ0) is 13.3. The first kappa shape index (κ1) is 12.9. The summed E-state index contributed by atoms with van der Waals surface area (Å²) in [5.41, 5.74) is 2.41. The largest absolute Gasteiger partial charge is 0.496 e. The highest BCUT2D eigenvalue weighted by Crippen LogP contribution is 2.41. The summed E-state index contributed by atoms with van der Waals surface area (Å²) in [4.78, 5) is 10.8. The van der Waals surface area contributed by atoms with E-state index < -0.39 is 5.97 Å². The Balaban J connectivity index is 2.11. The first-order valence-electron chi connectivity index (χ1n) is 6.42. The molecule has 1 aromatic rings. The maximum Gasteiger partial charge on any atom is 0.306 e. The van der Waals surface area contributed by atoms with Crippen molar-refractivity contribution in [3.63, 3.8) is 0 Å². The van der Waals surface area contributed by atoms with Crippen molar-refractivity contribution < 1.29 is 14.6 Å². The first-order chi connectivity index (χ1) is 8.52. The topological polar surface area (TPSA) is 46.5 Å². The van der Waals surface area contributed by atoms with E-state index in [1.165, 1.54) is 11.1 Å². The molecule has 0 spiro atoms. The number of ether oxygens (including phenoxy) is 1. The lowest BCUT2D eigenvalue weighted by molar-refractivity contribution is -0.138. The molecule has 1 aromatic carbocycles. The Labute approximate surface area is 108 Å². The van der Waals surface area contributed by atoms with Gasteiger partial charge in [-0.15, -0.1) is 0 Å². The number of benzene rings is 1. The highest BCUT2D eigenvalue weighted by atomic mass is 16.5. The number of carbonyl (C=O) groups is 1. The predicted molar refractivity (Wildman–Crippen MR) is 70.0 cm³/mol. The SMILES string of the molecule is COc1ccc(CC2CC2C(=O)O)cc1C(C)C. The lowest BCUT2D eigenvalue weighted by atomic mass is 9.97. The van der Waals surface area contributed by atoms with E-state index in [0.717, 1.165) is 18.6 Å². The summed E-state index contributed by atoms with van der Waals surface area (Å²) in [5.74, 6) is 0.858. The van der Waals surface area contributed by atoms with Gasteiger partial charge in [0.05, 0.1) is 13.0 Å². The van der Waals surface area contributed by atoms with Crippen LogP contribution in [0, 0.1) is 11.8 Å². The quantitative estimate of drug-likeness (QED) is 0.871. The van der Waals surface area contributed by atoms with Crippen LogP contribution in [0.2, 0.25) is 0 Å². The number of rotatable bonds is 5. The summed E-state index contributed by atoms with van der Waals surface area (Å²) in [5, 5.41) is 8.91. The standard InChI is InChI=1S/C15H20O3/c1-9(2)12-7-10(4-5-14(12)18-3)6-11-8-13(11)15(16)17/h4-5,7,9,11,13H,6,8H2,1-3H3,(H,16,17). The fourth-order valence-corrected chi connectivity index (χ4v) is 2.44. The van der Waals surface area contributed by atoms with Crippen molar-refractivity contribution in [1.29, 1.82) is 0 Å². The highest BCUT2D eigenvalue weighted by Gasteiger charge is 2.42. The average Bonchev–Trinajstić information content (AvgIpc) is 3.08. The molecule has 0 bridgehead atoms. The summed E-state index contributed by atoms with van der Waals surface area (Å²) in [6.45, 7) is 4.28. The molecule has 1 saturated carbocycles. The molecule has 2 rings (SSSR count). The van der Waals surface area contributed by atoms with Crippen LogP contribution in [-0.2, 0) is 11.2 Å². The van der Waals surface area contributed by atoms with Crippen LogP contribution in [0.4, 0.5) is 0 Å². The molecule has 2 atom stereocenters. The second kappa shape index (κ2) is 5.01. The fraction of sp³-hybridized carbons (Fsp3) is 0.533. The van der Waals surface area contributed by atoms with Crippen LogP contribution in [0.15, 0.2) is 18.2 Å². The second-order valence-corrected chi connectivity index (χ2v) is 5.38. The van der Waals surface area contributed by atoms with Crippen molar-refractivity contribution in [1.82, 2.24) is 0 Å². The van der Waals surface area contributed by atoms with Gasteiger partial charge in [-0.05, 0) is 41.9 Å². The summed E-state index contributed by atoms with van der Waals surface area (Å²) in [6, 6.07) is 6.19. The molecule has 0 heterocycles. The van der Waals surface area contributed by atoms with Crippen LogP contribution in [0.5, 0.6) is 5.75 Å². The van der Waals surface area contributed by atoms with Gasteiger partial charge >= 0.3 is 5.97 Å². The van der Waals surface area contributed by atoms with E-state index in [1.54, 1.807) is 7.11 Å². The van der Waals surface area contributed by atoms with Gasteiger partial charge in [-0.1, -0.05) is 26.0 Å². The minimum absolute atomic E-state index is 0.130. The van der Waals surface area contributed by atoms with Crippen LogP contribution in [-0.4, -0.2) is 18.2 Å². The van der Waals surface area contributed by atoms with Crippen LogP contribution >= 0.6 is 0 Å². The number of methoxy groups -OCH3 is 1. The molecular formula is C15H20O3. The molecule has 0 amide bonds. The Kier molecular flexibility index (Phi) is 3.60. The summed E-state index contributed by atoms with van der Waals surface area (Å²) >= 11 is 0. The van der Waals surface area contributed by atoms with Crippen LogP contribution < -0.4 is 4.74 Å². The predicted octanol–water partition coefficient (Wildman–Crippen LogP) is 3.08. The van der Waals surface area contributed by atoms with Gasteiger partial charge in [0.15, 0.2) is 0 Å². The van der Waals surface area contributed by atoms with Crippen molar-refractivity contribution in [2.75, 3.05) is 7.11 Å². The molecule has 3 nitrogen and oxygen atoms in total. The zero-order valence-electron chi connectivity index (χ0n) is 11.1. The second-order valence-electron chi connectivity index (χ2n) is 5.38. The number of carboxylic acid groups (broad SMARTS) is 1. The molecule has 98 valence electrons. The number of aliphatic carboxylic acids is 1. The van der Waals surface area contributed by atoms with Crippen molar-refractivity contribution >= 4 is 5.97 Å². The van der Waals surface area contributed by atoms with E-state index in [2.05, 4.69) is 19.9 Å². The number of carboxylic acids is 1. The Morgan fingerprint density at radius 2 is 2.22 bits per heavy atom. The van der Waals surface area contributed by atoms with Crippen LogP contribution in [0.1, 0.15) is 37.3 Å². The molecule has 0 radical (unpaired) electrons. The van der Waals surface area contributed by atoms with Gasteiger partial charge in [0.1, 0.15) is 5.75 Å². The van der Waals surface area contributed by atoms with E-state index >= 15 is 0 Å². The molecule has 3 heteroatoms. The summed E-state index contributed by atoms with van der Waals surface area (Å²) in [6.07, 6.45) is 1.68. The number of hydrogen-bond donors (Lipinski definition) is 1. The third-order valence-corrected chi connectivity index (χ3v) is 3.65. The van der Waals surface area contributed by atoms with Crippen molar-refractivity contribution in [2.24, 2.45) is 11.8 Å². The Hall–Kier alpha value is -1.51. The van der Waals surface area contributed by atoms with Crippen LogP contribution in [0.3, 0.4) is 0 Å². The molecule has 1 aliphatic carbocycles. The van der Waals surface area contributed by atoms with E-state index in [1.807, 2.05) is 12.1 Å². The summed E-state index contributed by atoms with van der Waals surface area (Å²) in [7, 11) is 1.68. The number of hydrogen-bond acceptors (Lipinski definition) is 2. The monoisotopic (exact) mass is 248 g/mol. The van der Waals surface area contributed by atoms with E-state index in [0.29, 0.717) is 11.8 Å². The van der Waals surface area contributed by atoms with Crippen molar-refractivity contribution in [3.05, 3.63) is 29.3 Å². The van der Waals surface area contributed by atoms with E-state index in [-0.39, 0.29) is 5.92 Å². The maximum absolute atomic E-state index is 10.8. The third-order valence-electron chi connectivity index (χ3n) is 3.65. The highest BCUT2D eigenvalue weighted by molar-refractivity contribution is 5.73. The molecule has 2 unspecified atom stereocenters. The molecule has 0 aromatic heterocycles. The normalized spacial score (nSPS) is 22.0. The van der Waals surface area contributed by atoms with Gasteiger partial charge in [0, 0.05) is 0 Å². The van der Waals surface area contributed by atoms with Gasteiger partial charge in [-0.2, -0.15) is 0 Å². The third kappa shape index (κ3) is 2.66. The maximum atomic E-state index is 10.8. The molecule has 1 aliphatic rings. The summed E-state index contributed by atoms with van der Waals surface area (Å²) < 4.78 is 5.35. The molecule has 1 N–H and O–H groups in total.